The maximum atomic E-state index is 11.0. The van der Waals surface area contributed by atoms with Crippen LogP contribution in [0.2, 0.25) is 0 Å². The molecule has 0 saturated carbocycles. The molecule has 0 atom stereocenters. The molecule has 0 heterocycles. The summed E-state index contributed by atoms with van der Waals surface area (Å²) in [6.45, 7) is 4.81. The van der Waals surface area contributed by atoms with Crippen molar-refractivity contribution in [2.24, 2.45) is 5.84 Å². The summed E-state index contributed by atoms with van der Waals surface area (Å²) in [5.74, 6) is 4.26. The first-order valence-electron chi connectivity index (χ1n) is 5.47. The highest BCUT2D eigenvalue weighted by molar-refractivity contribution is 6.18. The van der Waals surface area contributed by atoms with Crippen molar-refractivity contribution in [2.45, 2.75) is 38.9 Å². The van der Waals surface area contributed by atoms with Crippen LogP contribution in [0.25, 0.3) is 0 Å². The number of carbonyl (C=O) groups excluding carboxylic acids is 1. The molecule has 1 amide bonds. The number of hydrazine groups is 1. The van der Waals surface area contributed by atoms with Gasteiger partial charge in [-0.1, -0.05) is 0 Å². The topological polar surface area (TPSA) is 73.6 Å². The molecule has 0 saturated heterocycles. The van der Waals surface area contributed by atoms with Gasteiger partial charge in [0.25, 0.3) is 0 Å². The number of carbonyl (C=O) groups is 1. The Morgan fingerprint density at radius 3 is 2.31 bits per heavy atom. The van der Waals surface area contributed by atoms with E-state index in [1.54, 1.807) is 0 Å². The molecule has 0 unspecified atom stereocenters. The minimum Gasteiger partial charge on any atom is -0.349 e. The minimum atomic E-state index is -0.778. The Bertz CT molecular complexity index is 197. The van der Waals surface area contributed by atoms with Crippen LogP contribution in [-0.4, -0.2) is 30.8 Å². The van der Waals surface area contributed by atoms with Crippen molar-refractivity contribution in [3.63, 3.8) is 0 Å². The van der Waals surface area contributed by atoms with E-state index in [1.807, 2.05) is 13.8 Å². The van der Waals surface area contributed by atoms with Crippen molar-refractivity contribution >= 4 is 17.5 Å². The van der Waals surface area contributed by atoms with E-state index in [0.29, 0.717) is 32.5 Å². The Morgan fingerprint density at radius 1 is 1.38 bits per heavy atom. The van der Waals surface area contributed by atoms with Gasteiger partial charge in [-0.05, 0) is 20.3 Å². The van der Waals surface area contributed by atoms with Gasteiger partial charge in [-0.15, -0.1) is 11.6 Å². The van der Waals surface area contributed by atoms with E-state index in [0.717, 1.165) is 0 Å². The third-order valence-corrected chi connectivity index (χ3v) is 2.55. The summed E-state index contributed by atoms with van der Waals surface area (Å²) in [7, 11) is 0. The fourth-order valence-corrected chi connectivity index (χ4v) is 1.73. The second-order valence-electron chi connectivity index (χ2n) is 3.33. The number of hydrogen-bond donors (Lipinski definition) is 2. The number of alkyl halides is 1. The lowest BCUT2D eigenvalue weighted by Gasteiger charge is -2.31. The van der Waals surface area contributed by atoms with Crippen LogP contribution in [0.15, 0.2) is 0 Å². The molecule has 0 bridgehead atoms. The molecule has 16 heavy (non-hydrogen) atoms. The second kappa shape index (κ2) is 8.75. The van der Waals surface area contributed by atoms with E-state index in [9.17, 15) is 4.79 Å². The predicted octanol–water partition coefficient (Wildman–Crippen LogP) is 1.15. The van der Waals surface area contributed by atoms with Gasteiger partial charge >= 0.3 is 0 Å². The van der Waals surface area contributed by atoms with Crippen LogP contribution in [0.5, 0.6) is 0 Å². The van der Waals surface area contributed by atoms with E-state index in [4.69, 9.17) is 26.9 Å². The zero-order chi connectivity index (χ0) is 12.4. The molecule has 0 radical (unpaired) electrons. The zero-order valence-corrected chi connectivity index (χ0v) is 10.7. The van der Waals surface area contributed by atoms with E-state index >= 15 is 0 Å². The van der Waals surface area contributed by atoms with Crippen LogP contribution in [-0.2, 0) is 14.3 Å². The van der Waals surface area contributed by atoms with Crippen LogP contribution < -0.4 is 11.3 Å². The Hall–Kier alpha value is -0.360. The van der Waals surface area contributed by atoms with Crippen LogP contribution in [0.4, 0.5) is 0 Å². The van der Waals surface area contributed by atoms with Gasteiger partial charge in [0.2, 0.25) is 5.91 Å². The average molecular weight is 253 g/mol. The Labute approximate surface area is 102 Å². The monoisotopic (exact) mass is 252 g/mol. The van der Waals surface area contributed by atoms with Gasteiger partial charge in [-0.25, -0.2) is 5.84 Å². The molecule has 6 heteroatoms. The first-order chi connectivity index (χ1) is 7.64. The van der Waals surface area contributed by atoms with E-state index in [-0.39, 0.29) is 11.8 Å². The van der Waals surface area contributed by atoms with Crippen LogP contribution >= 0.6 is 11.6 Å². The number of halogens is 1. The van der Waals surface area contributed by atoms with Gasteiger partial charge in [0.15, 0.2) is 5.79 Å². The molecule has 0 aromatic carbocycles. The summed E-state index contributed by atoms with van der Waals surface area (Å²) < 4.78 is 11.0. The van der Waals surface area contributed by atoms with Crippen LogP contribution in [0.1, 0.15) is 33.1 Å². The molecule has 0 aromatic heterocycles. The molecule has 3 N–H and O–H groups in total. The number of hydrogen-bond acceptors (Lipinski definition) is 4. The summed E-state index contributed by atoms with van der Waals surface area (Å²) in [5.41, 5.74) is 2.08. The van der Waals surface area contributed by atoms with Crippen molar-refractivity contribution in [3.05, 3.63) is 0 Å². The summed E-state index contributed by atoms with van der Waals surface area (Å²) in [6, 6.07) is 0. The number of rotatable bonds is 9. The molecule has 0 aliphatic carbocycles. The SMILES string of the molecule is CCOC(CCl)(CCCC(=O)NN)OCC. The molecule has 0 aliphatic rings. The van der Waals surface area contributed by atoms with Gasteiger partial charge in [-0.3, -0.25) is 10.2 Å². The van der Waals surface area contributed by atoms with Crippen molar-refractivity contribution in [2.75, 3.05) is 19.1 Å². The maximum Gasteiger partial charge on any atom is 0.233 e. The lowest BCUT2D eigenvalue weighted by atomic mass is 10.1. The Balaban J connectivity index is 4.13. The quantitative estimate of drug-likeness (QED) is 0.212. The van der Waals surface area contributed by atoms with Gasteiger partial charge in [0.1, 0.15) is 0 Å². The number of nitrogens with two attached hydrogens (primary N) is 1. The summed E-state index contributed by atoms with van der Waals surface area (Å²) in [4.78, 5) is 11.0. The summed E-state index contributed by atoms with van der Waals surface area (Å²) in [5, 5.41) is 0. The van der Waals surface area contributed by atoms with Crippen molar-refractivity contribution in [1.82, 2.24) is 5.43 Å². The first-order valence-corrected chi connectivity index (χ1v) is 6.01. The second-order valence-corrected chi connectivity index (χ2v) is 3.60. The lowest BCUT2D eigenvalue weighted by molar-refractivity contribution is -0.222. The first kappa shape index (κ1) is 15.6. The Morgan fingerprint density at radius 2 is 1.94 bits per heavy atom. The van der Waals surface area contributed by atoms with Crippen molar-refractivity contribution < 1.29 is 14.3 Å². The largest absolute Gasteiger partial charge is 0.349 e. The fraction of sp³-hybridized carbons (Fsp3) is 0.900. The molecule has 96 valence electrons. The van der Waals surface area contributed by atoms with Gasteiger partial charge in [0, 0.05) is 26.1 Å². The van der Waals surface area contributed by atoms with E-state index < -0.39 is 5.79 Å². The van der Waals surface area contributed by atoms with Crippen molar-refractivity contribution in [1.29, 1.82) is 0 Å². The molecule has 0 fully saturated rings. The molecule has 0 spiro atoms. The lowest BCUT2D eigenvalue weighted by Crippen LogP contribution is -2.39. The third kappa shape index (κ3) is 5.65. The highest BCUT2D eigenvalue weighted by Gasteiger charge is 2.29. The van der Waals surface area contributed by atoms with Crippen LogP contribution in [0.3, 0.4) is 0 Å². The van der Waals surface area contributed by atoms with E-state index in [1.165, 1.54) is 0 Å². The third-order valence-electron chi connectivity index (χ3n) is 2.14. The van der Waals surface area contributed by atoms with Gasteiger partial charge in [0.05, 0.1) is 5.88 Å². The summed E-state index contributed by atoms with van der Waals surface area (Å²) >= 11 is 5.86. The highest BCUT2D eigenvalue weighted by Crippen LogP contribution is 2.23. The molecule has 5 nitrogen and oxygen atoms in total. The average Bonchev–Trinajstić information content (AvgIpc) is 2.29. The highest BCUT2D eigenvalue weighted by atomic mass is 35.5. The van der Waals surface area contributed by atoms with Gasteiger partial charge in [-0.2, -0.15) is 0 Å². The summed E-state index contributed by atoms with van der Waals surface area (Å²) in [6.07, 6.45) is 1.54. The zero-order valence-electron chi connectivity index (χ0n) is 9.92. The maximum absolute atomic E-state index is 11.0. The number of ether oxygens (including phenoxy) is 2. The molecule has 0 aliphatic heterocycles. The molecular formula is C10H21ClN2O3. The Kier molecular flexibility index (Phi) is 8.56. The number of amides is 1. The molecule has 0 rings (SSSR count). The molecular weight excluding hydrogens is 232 g/mol. The van der Waals surface area contributed by atoms with E-state index in [2.05, 4.69) is 5.43 Å². The fourth-order valence-electron chi connectivity index (χ4n) is 1.45. The van der Waals surface area contributed by atoms with Crippen molar-refractivity contribution in [3.8, 4) is 0 Å². The molecule has 0 aromatic rings. The van der Waals surface area contributed by atoms with Gasteiger partial charge < -0.3 is 9.47 Å². The normalized spacial score (nSPS) is 11.5. The standard InChI is InChI=1S/C10H21ClN2O3/c1-3-15-10(8-11,16-4-2)7-5-6-9(14)13-12/h3-8,12H2,1-2H3,(H,13,14). The smallest absolute Gasteiger partial charge is 0.233 e. The minimum absolute atomic E-state index is 0.198. The predicted molar refractivity (Wildman–Crippen MR) is 62.9 cm³/mol. The van der Waals surface area contributed by atoms with Crippen LogP contribution in [0, 0.1) is 0 Å². The number of nitrogens with one attached hydrogen (secondary N) is 1.